The quantitative estimate of drug-likeness (QED) is 0.0523. The van der Waals surface area contributed by atoms with Crippen molar-refractivity contribution in [3.05, 3.63) is 70.5 Å². The molecule has 0 spiro atoms. The lowest BCUT2D eigenvalue weighted by Crippen LogP contribution is -2.61. The zero-order valence-corrected chi connectivity index (χ0v) is 42.6. The van der Waals surface area contributed by atoms with Gasteiger partial charge in [-0.05, 0) is 139 Å². The van der Waals surface area contributed by atoms with Gasteiger partial charge in [-0.15, -0.1) is 11.3 Å². The molecule has 368 valence electrons. The van der Waals surface area contributed by atoms with Crippen LogP contribution in [0.4, 0.5) is 21.8 Å². The molecule has 18 heteroatoms. The van der Waals surface area contributed by atoms with Crippen molar-refractivity contribution in [1.82, 2.24) is 35.4 Å². The second-order valence-corrected chi connectivity index (χ2v) is 21.9. The number of thiazole rings is 1. The summed E-state index contributed by atoms with van der Waals surface area (Å²) >= 11 is 9.39. The third-order valence-electron chi connectivity index (χ3n) is 13.4. The molecule has 4 aromatic rings. The Bertz CT molecular complexity index is 2340. The van der Waals surface area contributed by atoms with Crippen molar-refractivity contribution in [3.8, 4) is 21.9 Å². The molecule has 3 aliphatic rings. The number of halogens is 2. The Morgan fingerprint density at radius 1 is 1.06 bits per heavy atom. The van der Waals surface area contributed by atoms with Crippen molar-refractivity contribution in [2.45, 2.75) is 114 Å². The first-order valence-corrected chi connectivity index (χ1v) is 26.1. The van der Waals surface area contributed by atoms with Gasteiger partial charge in [-0.3, -0.25) is 14.4 Å². The Hall–Kier alpha value is -4.71. The number of alkyl halides is 1. The molecule has 2 aromatic heterocycles. The van der Waals surface area contributed by atoms with Crippen LogP contribution >= 0.6 is 34.7 Å². The van der Waals surface area contributed by atoms with Gasteiger partial charge in [0.1, 0.15) is 34.4 Å². The number of hydrogen-bond acceptors (Lipinski definition) is 13. The molecule has 1 aliphatic heterocycles. The molecular weight excluding hydrogens is 925 g/mol. The summed E-state index contributed by atoms with van der Waals surface area (Å²) in [7, 11) is 5.55. The van der Waals surface area contributed by atoms with E-state index in [0.717, 1.165) is 84.8 Å². The van der Waals surface area contributed by atoms with Crippen LogP contribution in [0.15, 0.2) is 54.2 Å². The van der Waals surface area contributed by atoms with Gasteiger partial charge in [-0.2, -0.15) is 16.7 Å². The molecule has 1 saturated heterocycles. The lowest BCUT2D eigenvalue weighted by Gasteiger charge is -2.39. The smallest absolute Gasteiger partial charge is 0.258 e. The molecule has 7 rings (SSSR count). The average Bonchev–Trinajstić information content (AvgIpc) is 3.66. The van der Waals surface area contributed by atoms with Crippen molar-refractivity contribution >= 4 is 69.9 Å². The normalized spacial score (nSPS) is 19.3. The fourth-order valence-corrected chi connectivity index (χ4v) is 11.4. The molecule has 0 bridgehead atoms. The molecule has 3 fully saturated rings. The fraction of sp³-hybridized carbons (Fsp3) is 0.560. The summed E-state index contributed by atoms with van der Waals surface area (Å²) in [5.74, 6) is 2.91. The Morgan fingerprint density at radius 2 is 1.81 bits per heavy atom. The predicted molar refractivity (Wildman–Crippen MR) is 271 cm³/mol. The van der Waals surface area contributed by atoms with Crippen LogP contribution in [0.1, 0.15) is 89.3 Å². The highest BCUT2D eigenvalue weighted by atomic mass is 35.5. The summed E-state index contributed by atoms with van der Waals surface area (Å²) in [6.07, 6.45) is 9.45. The molecule has 2 aliphatic carbocycles. The average molecular weight is 993 g/mol. The number of unbranched alkanes of at least 4 members (excludes halogenated alkanes) is 1. The van der Waals surface area contributed by atoms with E-state index in [1.807, 2.05) is 68.7 Å². The van der Waals surface area contributed by atoms with E-state index in [1.54, 1.807) is 42.2 Å². The number of carbonyl (C=O) groups excluding carboxylic acids is 3. The Labute approximate surface area is 413 Å². The van der Waals surface area contributed by atoms with Crippen LogP contribution in [0.25, 0.3) is 10.4 Å². The minimum Gasteiger partial charge on any atom is -0.494 e. The maximum absolute atomic E-state index is 15.1. The van der Waals surface area contributed by atoms with Gasteiger partial charge in [0.25, 0.3) is 5.91 Å². The Kier molecular flexibility index (Phi) is 17.5. The van der Waals surface area contributed by atoms with E-state index >= 15 is 4.39 Å². The summed E-state index contributed by atoms with van der Waals surface area (Å²) in [5.41, 5.74) is 3.63. The Balaban J connectivity index is 0.833. The first-order valence-electron chi connectivity index (χ1n) is 23.8. The largest absolute Gasteiger partial charge is 0.494 e. The van der Waals surface area contributed by atoms with Crippen molar-refractivity contribution in [2.24, 2.45) is 11.8 Å². The van der Waals surface area contributed by atoms with E-state index < -0.39 is 28.4 Å². The van der Waals surface area contributed by atoms with E-state index in [1.165, 1.54) is 6.20 Å². The number of carbonyl (C=O) groups is 3. The minimum atomic E-state index is -1.93. The number of benzene rings is 2. The number of nitrogens with zero attached hydrogens (tertiary/aromatic N) is 5. The van der Waals surface area contributed by atoms with Crippen LogP contribution in [-0.2, 0) is 20.9 Å². The predicted octanol–water partition coefficient (Wildman–Crippen LogP) is 9.06. The number of aromatic nitrogens is 3. The second kappa shape index (κ2) is 23.3. The number of hydrogen-bond donors (Lipinski definition) is 4. The van der Waals surface area contributed by atoms with Gasteiger partial charge >= 0.3 is 0 Å². The van der Waals surface area contributed by atoms with Crippen LogP contribution in [0.2, 0.25) is 5.02 Å². The topological polar surface area (TPSA) is 163 Å². The minimum absolute atomic E-state index is 0.159. The summed E-state index contributed by atoms with van der Waals surface area (Å²) < 4.78 is 26.1. The van der Waals surface area contributed by atoms with Gasteiger partial charge in [-0.25, -0.2) is 14.4 Å². The molecule has 3 amide bonds. The van der Waals surface area contributed by atoms with Crippen LogP contribution in [0.3, 0.4) is 0 Å². The number of aryl methyl sites for hydroxylation is 1. The highest BCUT2D eigenvalue weighted by molar-refractivity contribution is 8.00. The number of thioether (sulfide) groups is 1. The fourth-order valence-electron chi connectivity index (χ4n) is 9.05. The number of nitrogens with one attached hydrogen (secondary N) is 4. The van der Waals surface area contributed by atoms with Gasteiger partial charge in [0.2, 0.25) is 17.8 Å². The van der Waals surface area contributed by atoms with Gasteiger partial charge in [-0.1, -0.05) is 35.9 Å². The standard InChI is InChI=1S/C50H67ClFN9O5S2/c1-32-42(67-31-56-32)36-17-15-33(16-18-36)27-54-45(62)40-10-9-24-61(40)46(63)43(58-47(64)50(52)21-22-50)49(2,3)68-30-35-13-11-34(12-14-35)29-60(5)23-7-8-25-66-37-19-20-39(41(26-37)65-6)57-48-55-28-38(51)44(53-4)59-48/h15-20,26,28,31,34-35,40,43H,7-14,21-25,27,29-30H2,1-6H3,(H,54,62)(H,58,64)(H2,53,55,57,59)/t34?,35?,40-,43?/m0/s1. The maximum atomic E-state index is 15.1. The van der Waals surface area contributed by atoms with Crippen LogP contribution < -0.4 is 30.7 Å². The SMILES string of the molecule is CNc1nc(Nc2ccc(OCCCCN(C)CC3CCC(CSC(C)(C)C(NC(=O)C4(F)CC4)C(=O)N4CCC[C@H]4C(=O)NCc4ccc(-c5scnc5C)cc4)CC3)cc2OC)ncc1Cl. The number of rotatable bonds is 23. The van der Waals surface area contributed by atoms with Crippen molar-refractivity contribution in [1.29, 1.82) is 0 Å². The van der Waals surface area contributed by atoms with Crippen LogP contribution in [0.5, 0.6) is 11.5 Å². The molecule has 2 aromatic carbocycles. The van der Waals surface area contributed by atoms with E-state index in [-0.39, 0.29) is 24.7 Å². The van der Waals surface area contributed by atoms with Crippen molar-refractivity contribution in [2.75, 3.05) is 63.8 Å². The number of anilines is 3. The first-order chi connectivity index (χ1) is 32.7. The van der Waals surface area contributed by atoms with Gasteiger partial charge in [0, 0.05) is 37.5 Å². The number of methoxy groups -OCH3 is 1. The summed E-state index contributed by atoms with van der Waals surface area (Å²) in [5, 5.41) is 12.5. The highest BCUT2D eigenvalue weighted by Gasteiger charge is 2.54. The van der Waals surface area contributed by atoms with Crippen LogP contribution in [0, 0.1) is 18.8 Å². The summed E-state index contributed by atoms with van der Waals surface area (Å²) in [6.45, 7) is 9.28. The number of amides is 3. The van der Waals surface area contributed by atoms with Gasteiger partial charge in [0.15, 0.2) is 5.67 Å². The lowest BCUT2D eigenvalue weighted by atomic mass is 9.82. The zero-order chi connectivity index (χ0) is 48.4. The van der Waals surface area contributed by atoms with Gasteiger partial charge < -0.3 is 40.5 Å². The first kappa shape index (κ1) is 51.1. The molecule has 68 heavy (non-hydrogen) atoms. The molecule has 1 unspecified atom stereocenters. The molecule has 14 nitrogen and oxygen atoms in total. The van der Waals surface area contributed by atoms with E-state index in [9.17, 15) is 14.4 Å². The number of ether oxygens (including phenoxy) is 2. The maximum Gasteiger partial charge on any atom is 0.258 e. The lowest BCUT2D eigenvalue weighted by molar-refractivity contribution is -0.143. The monoisotopic (exact) mass is 991 g/mol. The van der Waals surface area contributed by atoms with Crippen molar-refractivity contribution < 1.29 is 28.2 Å². The van der Waals surface area contributed by atoms with E-state index in [0.29, 0.717) is 72.6 Å². The molecular formula is C50H67ClFN9O5S2. The van der Waals surface area contributed by atoms with E-state index in [2.05, 4.69) is 48.2 Å². The highest BCUT2D eigenvalue weighted by Crippen LogP contribution is 2.42. The third-order valence-corrected chi connectivity index (χ3v) is 16.3. The zero-order valence-electron chi connectivity index (χ0n) is 40.2. The molecule has 4 N–H and O–H groups in total. The Morgan fingerprint density at radius 3 is 2.50 bits per heavy atom. The van der Waals surface area contributed by atoms with Crippen molar-refractivity contribution in [3.63, 3.8) is 0 Å². The molecule has 2 saturated carbocycles. The van der Waals surface area contributed by atoms with E-state index in [4.69, 9.17) is 21.1 Å². The molecule has 2 atom stereocenters. The summed E-state index contributed by atoms with van der Waals surface area (Å²) in [4.78, 5) is 59.5. The molecule has 0 radical (unpaired) electrons. The number of likely N-dealkylation sites (tertiary alicyclic amines) is 1. The second-order valence-electron chi connectivity index (χ2n) is 19.0. The van der Waals surface area contributed by atoms with Crippen LogP contribution in [-0.4, -0.2) is 118 Å². The third kappa shape index (κ3) is 13.3. The summed E-state index contributed by atoms with van der Waals surface area (Å²) in [6, 6.07) is 12.0. The molecule has 3 heterocycles. The van der Waals surface area contributed by atoms with Gasteiger partial charge in [0.05, 0.1) is 41.7 Å².